The van der Waals surface area contributed by atoms with E-state index < -0.39 is 17.1 Å². The van der Waals surface area contributed by atoms with Crippen LogP contribution in [0.3, 0.4) is 0 Å². The van der Waals surface area contributed by atoms with Gasteiger partial charge in [0, 0.05) is 0 Å². The molecule has 0 saturated carbocycles. The van der Waals surface area contributed by atoms with Crippen molar-refractivity contribution < 1.29 is 19.5 Å². The molecule has 0 aliphatic carbocycles. The largest absolute Gasteiger partial charge is 0.478 e. The molecule has 0 aromatic heterocycles. The van der Waals surface area contributed by atoms with E-state index >= 15 is 0 Å². The third kappa shape index (κ3) is 2.54. The topological polar surface area (TPSA) is 83.5 Å². The average Bonchev–Trinajstić information content (AvgIpc) is 2.58. The van der Waals surface area contributed by atoms with Crippen molar-refractivity contribution in [1.82, 2.24) is 5.32 Å². The van der Waals surface area contributed by atoms with Gasteiger partial charge in [0.2, 0.25) is 0 Å². The van der Waals surface area contributed by atoms with Crippen LogP contribution < -0.4 is 5.32 Å². The second kappa shape index (κ2) is 4.42. The second-order valence-electron chi connectivity index (χ2n) is 3.28. The molecule has 1 aromatic rings. The zero-order valence-corrected chi connectivity index (χ0v) is 9.28. The summed E-state index contributed by atoms with van der Waals surface area (Å²) < 4.78 is 0. The van der Waals surface area contributed by atoms with Gasteiger partial charge in [0.25, 0.3) is 11.1 Å². The summed E-state index contributed by atoms with van der Waals surface area (Å²) in [6.07, 6.45) is 1.48. The Labute approximate surface area is 101 Å². The summed E-state index contributed by atoms with van der Waals surface area (Å²) in [5.74, 6) is -1.49. The highest BCUT2D eigenvalue weighted by Crippen LogP contribution is 2.25. The smallest absolute Gasteiger partial charge is 0.335 e. The third-order valence-electron chi connectivity index (χ3n) is 2.07. The second-order valence-corrected chi connectivity index (χ2v) is 4.30. The van der Waals surface area contributed by atoms with E-state index in [2.05, 4.69) is 5.32 Å². The number of rotatable bonds is 2. The highest BCUT2D eigenvalue weighted by atomic mass is 32.2. The predicted octanol–water partition coefficient (Wildman–Crippen LogP) is 1.71. The van der Waals surface area contributed by atoms with Crippen LogP contribution in [-0.4, -0.2) is 22.2 Å². The van der Waals surface area contributed by atoms with Gasteiger partial charge in [-0.3, -0.25) is 14.9 Å². The van der Waals surface area contributed by atoms with Gasteiger partial charge < -0.3 is 5.11 Å². The number of aromatic carboxylic acids is 1. The predicted molar refractivity (Wildman–Crippen MR) is 62.5 cm³/mol. The molecule has 2 amide bonds. The zero-order chi connectivity index (χ0) is 12.4. The number of imide groups is 1. The van der Waals surface area contributed by atoms with Crippen LogP contribution in [0.2, 0.25) is 0 Å². The first-order valence-corrected chi connectivity index (χ1v) is 5.46. The number of thioether (sulfide) groups is 1. The number of nitrogens with one attached hydrogen (secondary N) is 1. The molecule has 1 saturated heterocycles. The minimum Gasteiger partial charge on any atom is -0.478 e. The lowest BCUT2D eigenvalue weighted by Crippen LogP contribution is -2.17. The lowest BCUT2D eigenvalue weighted by molar-refractivity contribution is -0.115. The molecular weight excluding hydrogens is 242 g/mol. The molecule has 0 spiro atoms. The first-order valence-electron chi connectivity index (χ1n) is 4.64. The van der Waals surface area contributed by atoms with Crippen LogP contribution >= 0.6 is 11.8 Å². The summed E-state index contributed by atoms with van der Waals surface area (Å²) in [4.78, 5) is 33.2. The van der Waals surface area contributed by atoms with Gasteiger partial charge in [-0.1, -0.05) is 12.1 Å². The minimum absolute atomic E-state index is 0.133. The van der Waals surface area contributed by atoms with Gasteiger partial charge in [0.05, 0.1) is 10.5 Å². The fraction of sp³-hybridized carbons (Fsp3) is 0. The molecule has 1 fully saturated rings. The Bertz CT molecular complexity index is 550. The zero-order valence-electron chi connectivity index (χ0n) is 8.47. The summed E-state index contributed by atoms with van der Waals surface area (Å²) in [6.45, 7) is 0. The molecule has 2 N–H and O–H groups in total. The lowest BCUT2D eigenvalue weighted by Gasteiger charge is -1.97. The van der Waals surface area contributed by atoms with Crippen LogP contribution in [0.25, 0.3) is 6.08 Å². The van der Waals surface area contributed by atoms with Gasteiger partial charge in [0.1, 0.15) is 0 Å². The van der Waals surface area contributed by atoms with Crippen molar-refractivity contribution in [1.29, 1.82) is 0 Å². The monoisotopic (exact) mass is 249 g/mol. The van der Waals surface area contributed by atoms with E-state index in [0.29, 0.717) is 5.56 Å². The number of benzene rings is 1. The average molecular weight is 249 g/mol. The van der Waals surface area contributed by atoms with E-state index in [1.807, 2.05) is 0 Å². The fourth-order valence-corrected chi connectivity index (χ4v) is 2.02. The maximum Gasteiger partial charge on any atom is 0.335 e. The van der Waals surface area contributed by atoms with Crippen molar-refractivity contribution in [3.05, 3.63) is 40.3 Å². The van der Waals surface area contributed by atoms with E-state index in [9.17, 15) is 14.4 Å². The van der Waals surface area contributed by atoms with E-state index in [1.165, 1.54) is 18.2 Å². The van der Waals surface area contributed by atoms with E-state index in [1.54, 1.807) is 12.1 Å². The molecule has 6 heteroatoms. The van der Waals surface area contributed by atoms with Gasteiger partial charge in [-0.2, -0.15) is 0 Å². The van der Waals surface area contributed by atoms with Crippen LogP contribution in [-0.2, 0) is 4.79 Å². The first-order chi connectivity index (χ1) is 8.06. The number of carbonyl (C=O) groups excluding carboxylic acids is 2. The number of amides is 2. The van der Waals surface area contributed by atoms with Crippen molar-refractivity contribution in [3.8, 4) is 0 Å². The number of carbonyl (C=O) groups is 3. The summed E-state index contributed by atoms with van der Waals surface area (Å²) in [5, 5.41) is 10.5. The Balaban J connectivity index is 2.33. The Morgan fingerprint density at radius 1 is 1.35 bits per heavy atom. The Morgan fingerprint density at radius 2 is 2.12 bits per heavy atom. The van der Waals surface area contributed by atoms with E-state index in [-0.39, 0.29) is 10.5 Å². The molecule has 0 unspecified atom stereocenters. The van der Waals surface area contributed by atoms with Gasteiger partial charge in [0.15, 0.2) is 0 Å². The molecule has 1 aliphatic rings. The van der Waals surface area contributed by atoms with Crippen molar-refractivity contribution in [3.63, 3.8) is 0 Å². The lowest BCUT2D eigenvalue weighted by atomic mass is 10.1. The molecule has 0 radical (unpaired) electrons. The fourth-order valence-electron chi connectivity index (χ4n) is 1.33. The third-order valence-corrected chi connectivity index (χ3v) is 2.88. The number of hydrogen-bond acceptors (Lipinski definition) is 4. The first kappa shape index (κ1) is 11.4. The molecule has 17 heavy (non-hydrogen) atoms. The molecule has 1 heterocycles. The highest BCUT2D eigenvalue weighted by Gasteiger charge is 2.24. The quantitative estimate of drug-likeness (QED) is 0.779. The maximum atomic E-state index is 11.3. The molecule has 1 aromatic carbocycles. The number of carboxylic acid groups (broad SMARTS) is 1. The van der Waals surface area contributed by atoms with Crippen LogP contribution in [0.4, 0.5) is 4.79 Å². The summed E-state index contributed by atoms with van der Waals surface area (Å²) in [7, 11) is 0. The van der Waals surface area contributed by atoms with Crippen LogP contribution in [0.15, 0.2) is 29.2 Å². The van der Waals surface area contributed by atoms with Crippen LogP contribution in [0, 0.1) is 0 Å². The van der Waals surface area contributed by atoms with Crippen molar-refractivity contribution in [2.75, 3.05) is 0 Å². The van der Waals surface area contributed by atoms with E-state index in [4.69, 9.17) is 5.11 Å². The standard InChI is InChI=1S/C11H7NO4S/c13-9-8(17-11(16)12-9)5-6-2-1-3-7(4-6)10(14)15/h1-5H,(H,14,15)(H,12,13,16)/b8-5-. The molecule has 2 rings (SSSR count). The summed E-state index contributed by atoms with van der Waals surface area (Å²) in [5.41, 5.74) is 0.700. The number of carboxylic acids is 1. The van der Waals surface area contributed by atoms with Crippen LogP contribution in [0.1, 0.15) is 15.9 Å². The summed E-state index contributed by atoms with van der Waals surface area (Å²) >= 11 is 0.797. The molecule has 0 atom stereocenters. The molecule has 1 aliphatic heterocycles. The SMILES string of the molecule is O=C1NC(=O)/C(=C/c2cccc(C(=O)O)c2)S1. The molecule has 0 bridgehead atoms. The maximum absolute atomic E-state index is 11.3. The molecule has 5 nitrogen and oxygen atoms in total. The molecule has 86 valence electrons. The van der Waals surface area contributed by atoms with Crippen LogP contribution in [0.5, 0.6) is 0 Å². The normalized spacial score (nSPS) is 17.3. The highest BCUT2D eigenvalue weighted by molar-refractivity contribution is 8.18. The Kier molecular flexibility index (Phi) is 2.97. The van der Waals surface area contributed by atoms with Gasteiger partial charge >= 0.3 is 5.97 Å². The van der Waals surface area contributed by atoms with Gasteiger partial charge in [-0.15, -0.1) is 0 Å². The van der Waals surface area contributed by atoms with Gasteiger partial charge in [-0.25, -0.2) is 4.79 Å². The van der Waals surface area contributed by atoms with Crippen molar-refractivity contribution in [2.45, 2.75) is 0 Å². The van der Waals surface area contributed by atoms with Crippen molar-refractivity contribution in [2.24, 2.45) is 0 Å². The van der Waals surface area contributed by atoms with Gasteiger partial charge in [-0.05, 0) is 35.5 Å². The molecular formula is C11H7NO4S. The Morgan fingerprint density at radius 3 is 2.71 bits per heavy atom. The van der Waals surface area contributed by atoms with Crippen molar-refractivity contribution >= 4 is 35.0 Å². The summed E-state index contributed by atoms with van der Waals surface area (Å²) in [6, 6.07) is 6.13. The minimum atomic E-state index is -1.04. The Hall–Kier alpha value is -2.08. The number of hydrogen-bond donors (Lipinski definition) is 2. The van der Waals surface area contributed by atoms with E-state index in [0.717, 1.165) is 11.8 Å².